The van der Waals surface area contributed by atoms with Crippen molar-refractivity contribution in [2.75, 3.05) is 18.5 Å². The van der Waals surface area contributed by atoms with Crippen LogP contribution in [-0.4, -0.2) is 24.4 Å². The minimum atomic E-state index is 0.290. The summed E-state index contributed by atoms with van der Waals surface area (Å²) in [5, 5.41) is 6.92. The zero-order valence-corrected chi connectivity index (χ0v) is 13.1. The maximum absolute atomic E-state index is 5.45. The van der Waals surface area contributed by atoms with Crippen molar-refractivity contribution in [1.82, 2.24) is 5.32 Å². The molecule has 0 saturated heterocycles. The minimum absolute atomic E-state index is 0.290. The fraction of sp³-hybridized carbons (Fsp3) is 0.462. The molecule has 2 N–H and O–H groups in total. The molecule has 3 nitrogen and oxygen atoms in total. The van der Waals surface area contributed by atoms with Crippen molar-refractivity contribution >= 4 is 38.9 Å². The fourth-order valence-corrected chi connectivity index (χ4v) is 1.79. The van der Waals surface area contributed by atoms with E-state index in [4.69, 9.17) is 17.0 Å². The van der Waals surface area contributed by atoms with E-state index in [1.54, 1.807) is 0 Å². The molecule has 0 aromatic heterocycles. The van der Waals surface area contributed by atoms with E-state index in [0.717, 1.165) is 29.7 Å². The Kier molecular flexibility index (Phi) is 7.23. The molecular formula is C13H19BrN2OS. The Balaban J connectivity index is 2.16. The Hall–Kier alpha value is -0.650. The molecule has 0 saturated carbocycles. The van der Waals surface area contributed by atoms with Crippen molar-refractivity contribution in [3.05, 3.63) is 28.7 Å². The van der Waals surface area contributed by atoms with Crippen molar-refractivity contribution in [2.24, 2.45) is 0 Å². The van der Waals surface area contributed by atoms with Crippen LogP contribution in [-0.2, 0) is 4.74 Å². The molecule has 0 heterocycles. The molecule has 0 fully saturated rings. The number of halogens is 1. The first kappa shape index (κ1) is 15.4. The first-order valence-corrected chi connectivity index (χ1v) is 7.20. The lowest BCUT2D eigenvalue weighted by molar-refractivity contribution is 0.0777. The average molecular weight is 331 g/mol. The Morgan fingerprint density at radius 2 is 2.00 bits per heavy atom. The first-order chi connectivity index (χ1) is 8.58. The largest absolute Gasteiger partial charge is 0.379 e. The highest BCUT2D eigenvalue weighted by atomic mass is 79.9. The van der Waals surface area contributed by atoms with Crippen LogP contribution in [0.15, 0.2) is 28.7 Å². The molecule has 1 aromatic rings. The van der Waals surface area contributed by atoms with Gasteiger partial charge in [0.15, 0.2) is 5.11 Å². The molecule has 0 aliphatic carbocycles. The van der Waals surface area contributed by atoms with E-state index in [2.05, 4.69) is 26.6 Å². The molecule has 0 amide bonds. The van der Waals surface area contributed by atoms with Crippen LogP contribution in [0.25, 0.3) is 0 Å². The van der Waals surface area contributed by atoms with E-state index in [1.165, 1.54) is 0 Å². The second-order valence-electron chi connectivity index (χ2n) is 4.16. The topological polar surface area (TPSA) is 33.3 Å². The van der Waals surface area contributed by atoms with Gasteiger partial charge in [0.2, 0.25) is 0 Å². The summed E-state index contributed by atoms with van der Waals surface area (Å²) in [6, 6.07) is 7.89. The van der Waals surface area contributed by atoms with Crippen LogP contribution >= 0.6 is 28.1 Å². The third-order valence-corrected chi connectivity index (χ3v) is 2.94. The molecular weight excluding hydrogens is 312 g/mol. The zero-order valence-electron chi connectivity index (χ0n) is 10.7. The normalized spacial score (nSPS) is 10.4. The van der Waals surface area contributed by atoms with Crippen LogP contribution in [0.2, 0.25) is 0 Å². The number of benzene rings is 1. The molecule has 1 aromatic carbocycles. The molecule has 0 radical (unpaired) electrons. The monoisotopic (exact) mass is 330 g/mol. The van der Waals surface area contributed by atoms with E-state index in [9.17, 15) is 0 Å². The predicted molar refractivity (Wildman–Crippen MR) is 84.1 cm³/mol. The summed E-state index contributed by atoms with van der Waals surface area (Å²) in [6.07, 6.45) is 1.23. The lowest BCUT2D eigenvalue weighted by atomic mass is 10.3. The minimum Gasteiger partial charge on any atom is -0.379 e. The highest BCUT2D eigenvalue weighted by molar-refractivity contribution is 9.10. The molecule has 0 bridgehead atoms. The van der Waals surface area contributed by atoms with Crippen molar-refractivity contribution in [1.29, 1.82) is 0 Å². The Morgan fingerprint density at radius 1 is 1.33 bits per heavy atom. The smallest absolute Gasteiger partial charge is 0.170 e. The van der Waals surface area contributed by atoms with Gasteiger partial charge < -0.3 is 15.4 Å². The number of ether oxygens (including phenoxy) is 1. The molecule has 0 aliphatic rings. The predicted octanol–water partition coefficient (Wildman–Crippen LogP) is 3.55. The van der Waals surface area contributed by atoms with Gasteiger partial charge in [0.25, 0.3) is 0 Å². The molecule has 0 spiro atoms. The van der Waals surface area contributed by atoms with Gasteiger partial charge in [-0.15, -0.1) is 0 Å². The first-order valence-electron chi connectivity index (χ1n) is 6.00. The van der Waals surface area contributed by atoms with E-state index in [0.29, 0.717) is 5.11 Å². The standard InChI is InChI=1S/C13H19BrN2OS/c1-10(2)17-9-3-8-15-13(18)16-12-6-4-11(14)5-7-12/h4-7,10H,3,8-9H2,1-2H3,(H2,15,16,18). The van der Waals surface area contributed by atoms with Gasteiger partial charge in [-0.1, -0.05) is 15.9 Å². The van der Waals surface area contributed by atoms with Crippen LogP contribution in [0.5, 0.6) is 0 Å². The van der Waals surface area contributed by atoms with Crippen LogP contribution in [0.1, 0.15) is 20.3 Å². The number of thiocarbonyl (C=S) groups is 1. The quantitative estimate of drug-likeness (QED) is 0.617. The third kappa shape index (κ3) is 6.93. The fourth-order valence-electron chi connectivity index (χ4n) is 1.30. The summed E-state index contributed by atoms with van der Waals surface area (Å²) in [4.78, 5) is 0. The van der Waals surface area contributed by atoms with Crippen LogP contribution < -0.4 is 10.6 Å². The van der Waals surface area contributed by atoms with Gasteiger partial charge >= 0.3 is 0 Å². The number of hydrogen-bond donors (Lipinski definition) is 2. The van der Waals surface area contributed by atoms with Gasteiger partial charge in [0.1, 0.15) is 0 Å². The molecule has 18 heavy (non-hydrogen) atoms. The maximum atomic E-state index is 5.45. The average Bonchev–Trinajstić information content (AvgIpc) is 2.31. The molecule has 5 heteroatoms. The molecule has 0 atom stereocenters. The Labute approximate surface area is 122 Å². The molecule has 0 aliphatic heterocycles. The third-order valence-electron chi connectivity index (χ3n) is 2.16. The van der Waals surface area contributed by atoms with Crippen molar-refractivity contribution < 1.29 is 4.74 Å². The van der Waals surface area contributed by atoms with Crippen LogP contribution in [0.3, 0.4) is 0 Å². The van der Waals surface area contributed by atoms with E-state index >= 15 is 0 Å². The van der Waals surface area contributed by atoms with Gasteiger partial charge in [-0.3, -0.25) is 0 Å². The summed E-state index contributed by atoms with van der Waals surface area (Å²) >= 11 is 8.59. The number of rotatable bonds is 6. The lowest BCUT2D eigenvalue weighted by Crippen LogP contribution is -2.29. The maximum Gasteiger partial charge on any atom is 0.170 e. The summed E-state index contributed by atoms with van der Waals surface area (Å²) in [7, 11) is 0. The Bertz CT molecular complexity index is 368. The summed E-state index contributed by atoms with van der Waals surface area (Å²) in [5.41, 5.74) is 0.981. The number of anilines is 1. The second kappa shape index (κ2) is 8.45. The SMILES string of the molecule is CC(C)OCCCNC(=S)Nc1ccc(Br)cc1. The van der Waals surface area contributed by atoms with Gasteiger partial charge in [-0.05, 0) is 56.8 Å². The molecule has 100 valence electrons. The van der Waals surface area contributed by atoms with Gasteiger partial charge in [0.05, 0.1) is 6.10 Å². The highest BCUT2D eigenvalue weighted by Gasteiger charge is 1.98. The van der Waals surface area contributed by atoms with Gasteiger partial charge in [-0.25, -0.2) is 0 Å². The van der Waals surface area contributed by atoms with E-state index < -0.39 is 0 Å². The molecule has 1 rings (SSSR count). The summed E-state index contributed by atoms with van der Waals surface area (Å²) in [5.74, 6) is 0. The van der Waals surface area contributed by atoms with Gasteiger partial charge in [0, 0.05) is 23.3 Å². The van der Waals surface area contributed by atoms with E-state index in [-0.39, 0.29) is 6.10 Å². The molecule has 0 unspecified atom stereocenters. The van der Waals surface area contributed by atoms with Crippen LogP contribution in [0, 0.1) is 0 Å². The van der Waals surface area contributed by atoms with Gasteiger partial charge in [-0.2, -0.15) is 0 Å². The summed E-state index contributed by atoms with van der Waals surface area (Å²) in [6.45, 7) is 5.64. The summed E-state index contributed by atoms with van der Waals surface area (Å²) < 4.78 is 6.50. The highest BCUT2D eigenvalue weighted by Crippen LogP contribution is 2.13. The second-order valence-corrected chi connectivity index (χ2v) is 5.48. The zero-order chi connectivity index (χ0) is 13.4. The van der Waals surface area contributed by atoms with Crippen LogP contribution in [0.4, 0.5) is 5.69 Å². The Morgan fingerprint density at radius 3 is 2.61 bits per heavy atom. The number of nitrogens with one attached hydrogen (secondary N) is 2. The van der Waals surface area contributed by atoms with Crippen molar-refractivity contribution in [3.63, 3.8) is 0 Å². The van der Waals surface area contributed by atoms with Crippen molar-refractivity contribution in [3.8, 4) is 0 Å². The van der Waals surface area contributed by atoms with E-state index in [1.807, 2.05) is 38.1 Å². The number of hydrogen-bond acceptors (Lipinski definition) is 2. The van der Waals surface area contributed by atoms with Crippen molar-refractivity contribution in [2.45, 2.75) is 26.4 Å². The lowest BCUT2D eigenvalue weighted by Gasteiger charge is -2.11.